The van der Waals surface area contributed by atoms with Crippen LogP contribution >= 0.6 is 0 Å². The fourth-order valence-electron chi connectivity index (χ4n) is 8.72. The summed E-state index contributed by atoms with van der Waals surface area (Å²) >= 11 is 0. The quantitative estimate of drug-likeness (QED) is 0.0321. The van der Waals surface area contributed by atoms with Crippen LogP contribution in [0.4, 0.5) is 0 Å². The molecule has 1 amide bonds. The van der Waals surface area contributed by atoms with Gasteiger partial charge in [0.25, 0.3) is 0 Å². The van der Waals surface area contributed by atoms with Crippen molar-refractivity contribution in [1.29, 1.82) is 0 Å². The number of esters is 1. The van der Waals surface area contributed by atoms with E-state index in [4.69, 9.17) is 4.74 Å². The SMILES string of the molecule is CCCCCC/C=C\CCCCCCCC(CC(=O)NC(CO)C(O)CCCCCCCCCCCCCCCCC)OC(=O)CCCCCCC/C=C/CCCCCCCCC. The van der Waals surface area contributed by atoms with Gasteiger partial charge in [0.15, 0.2) is 0 Å². The van der Waals surface area contributed by atoms with Gasteiger partial charge < -0.3 is 20.3 Å². The number of hydrogen-bond acceptors (Lipinski definition) is 5. The van der Waals surface area contributed by atoms with Crippen molar-refractivity contribution < 1.29 is 24.5 Å². The average molecular weight is 889 g/mol. The third kappa shape index (κ3) is 46.7. The number of carbonyl (C=O) groups excluding carboxylic acids is 2. The fraction of sp³-hybridized carbons (Fsp3) is 0.895. The molecule has 0 aliphatic carbocycles. The van der Waals surface area contributed by atoms with Crippen LogP contribution in [0.2, 0.25) is 0 Å². The molecule has 63 heavy (non-hydrogen) atoms. The molecule has 3 unspecified atom stereocenters. The highest BCUT2D eigenvalue weighted by molar-refractivity contribution is 5.77. The Morgan fingerprint density at radius 1 is 0.444 bits per heavy atom. The summed E-state index contributed by atoms with van der Waals surface area (Å²) in [6.07, 6.45) is 59.5. The molecule has 0 heterocycles. The van der Waals surface area contributed by atoms with E-state index >= 15 is 0 Å². The molecule has 0 radical (unpaired) electrons. The van der Waals surface area contributed by atoms with Gasteiger partial charge in [-0.3, -0.25) is 9.59 Å². The second-order valence-electron chi connectivity index (χ2n) is 19.3. The first-order valence-electron chi connectivity index (χ1n) is 28.1. The molecule has 0 saturated heterocycles. The summed E-state index contributed by atoms with van der Waals surface area (Å²) in [5.41, 5.74) is 0. The van der Waals surface area contributed by atoms with Gasteiger partial charge in [0.05, 0.1) is 25.2 Å². The molecule has 3 N–H and O–H groups in total. The summed E-state index contributed by atoms with van der Waals surface area (Å²) in [6, 6.07) is -0.702. The lowest BCUT2D eigenvalue weighted by atomic mass is 10.0. The number of aliphatic hydroxyl groups excluding tert-OH is 2. The van der Waals surface area contributed by atoms with Crippen LogP contribution in [0.5, 0.6) is 0 Å². The monoisotopic (exact) mass is 888 g/mol. The Labute approximate surface area is 392 Å². The van der Waals surface area contributed by atoms with Crippen LogP contribution in [0.25, 0.3) is 0 Å². The Morgan fingerprint density at radius 3 is 1.14 bits per heavy atom. The molecular formula is C57H109NO5. The van der Waals surface area contributed by atoms with Crippen molar-refractivity contribution >= 4 is 11.9 Å². The highest BCUT2D eigenvalue weighted by Gasteiger charge is 2.24. The van der Waals surface area contributed by atoms with Gasteiger partial charge in [-0.2, -0.15) is 0 Å². The van der Waals surface area contributed by atoms with E-state index < -0.39 is 18.2 Å². The lowest BCUT2D eigenvalue weighted by Crippen LogP contribution is -2.46. The third-order valence-electron chi connectivity index (χ3n) is 13.0. The van der Waals surface area contributed by atoms with Gasteiger partial charge in [0, 0.05) is 6.42 Å². The van der Waals surface area contributed by atoms with E-state index in [0.29, 0.717) is 19.3 Å². The van der Waals surface area contributed by atoms with Gasteiger partial charge in [-0.25, -0.2) is 0 Å². The molecule has 6 nitrogen and oxygen atoms in total. The zero-order valence-electron chi connectivity index (χ0n) is 42.5. The molecular weight excluding hydrogens is 779 g/mol. The van der Waals surface area contributed by atoms with E-state index in [0.717, 1.165) is 64.2 Å². The summed E-state index contributed by atoms with van der Waals surface area (Å²) in [5.74, 6) is -0.477. The second-order valence-corrected chi connectivity index (χ2v) is 19.3. The van der Waals surface area contributed by atoms with Crippen molar-refractivity contribution in [2.75, 3.05) is 6.61 Å². The minimum atomic E-state index is -0.788. The molecule has 3 atom stereocenters. The predicted octanol–water partition coefficient (Wildman–Crippen LogP) is 17.1. The molecule has 0 spiro atoms. The number of allylic oxidation sites excluding steroid dienone is 4. The first-order chi connectivity index (χ1) is 31.0. The zero-order valence-corrected chi connectivity index (χ0v) is 42.5. The standard InChI is InChI=1S/C57H109NO5/c1-4-7-10-13-16-19-22-25-27-29-32-35-38-41-44-47-50-57(62)63-53(48-45-42-39-36-33-30-24-21-18-15-12-9-6-3)51-56(61)58-54(52-59)55(60)49-46-43-40-37-34-31-28-26-23-20-17-14-11-8-5-2/h21,24,27,29,53-55,59-60H,4-20,22-23,25-26,28,30-52H2,1-3H3,(H,58,61)/b24-21-,29-27+. The molecule has 6 heteroatoms. The van der Waals surface area contributed by atoms with Crippen molar-refractivity contribution in [1.82, 2.24) is 5.32 Å². The van der Waals surface area contributed by atoms with E-state index in [2.05, 4.69) is 50.4 Å². The van der Waals surface area contributed by atoms with E-state index in [9.17, 15) is 19.8 Å². The molecule has 0 rings (SSSR count). The van der Waals surface area contributed by atoms with Gasteiger partial charge in [0.1, 0.15) is 6.10 Å². The van der Waals surface area contributed by atoms with Gasteiger partial charge >= 0.3 is 5.97 Å². The van der Waals surface area contributed by atoms with Crippen molar-refractivity contribution in [3.8, 4) is 0 Å². The topological polar surface area (TPSA) is 95.9 Å². The Morgan fingerprint density at radius 2 is 0.762 bits per heavy atom. The summed E-state index contributed by atoms with van der Waals surface area (Å²) in [7, 11) is 0. The van der Waals surface area contributed by atoms with Crippen LogP contribution in [0, 0.1) is 0 Å². The molecule has 0 aromatic rings. The van der Waals surface area contributed by atoms with Gasteiger partial charge in [-0.05, 0) is 77.0 Å². The van der Waals surface area contributed by atoms with E-state index in [1.807, 2.05) is 0 Å². The van der Waals surface area contributed by atoms with Gasteiger partial charge in [-0.15, -0.1) is 0 Å². The van der Waals surface area contributed by atoms with E-state index in [-0.39, 0.29) is 24.9 Å². The van der Waals surface area contributed by atoms with Crippen LogP contribution in [0.1, 0.15) is 303 Å². The molecule has 0 aliphatic rings. The van der Waals surface area contributed by atoms with Crippen molar-refractivity contribution in [2.24, 2.45) is 0 Å². The highest BCUT2D eigenvalue weighted by atomic mass is 16.5. The minimum Gasteiger partial charge on any atom is -0.462 e. The van der Waals surface area contributed by atoms with Crippen molar-refractivity contribution in [3.05, 3.63) is 24.3 Å². The molecule has 0 fully saturated rings. The summed E-state index contributed by atoms with van der Waals surface area (Å²) < 4.78 is 5.95. The Balaban J connectivity index is 4.52. The predicted molar refractivity (Wildman–Crippen MR) is 273 cm³/mol. The number of unbranched alkanes of at least 4 members (excludes halogenated alkanes) is 35. The van der Waals surface area contributed by atoms with Crippen LogP contribution in [-0.2, 0) is 14.3 Å². The van der Waals surface area contributed by atoms with Crippen LogP contribution in [0.3, 0.4) is 0 Å². The summed E-state index contributed by atoms with van der Waals surface area (Å²) in [4.78, 5) is 26.2. The molecule has 372 valence electrons. The third-order valence-corrected chi connectivity index (χ3v) is 13.0. The van der Waals surface area contributed by atoms with Gasteiger partial charge in [0.2, 0.25) is 5.91 Å². The number of nitrogens with one attached hydrogen (secondary N) is 1. The zero-order chi connectivity index (χ0) is 45.9. The second kappa shape index (κ2) is 51.3. The smallest absolute Gasteiger partial charge is 0.306 e. The first kappa shape index (κ1) is 61.3. The number of hydrogen-bond donors (Lipinski definition) is 3. The van der Waals surface area contributed by atoms with Crippen LogP contribution in [0.15, 0.2) is 24.3 Å². The van der Waals surface area contributed by atoms with Crippen LogP contribution < -0.4 is 5.32 Å². The molecule has 0 saturated carbocycles. The average Bonchev–Trinajstić information content (AvgIpc) is 3.28. The Bertz CT molecular complexity index is 997. The number of aliphatic hydroxyl groups is 2. The fourth-order valence-corrected chi connectivity index (χ4v) is 8.72. The van der Waals surface area contributed by atoms with Crippen molar-refractivity contribution in [2.45, 2.75) is 322 Å². The molecule has 0 aliphatic heterocycles. The Kier molecular flexibility index (Phi) is 50.0. The highest BCUT2D eigenvalue weighted by Crippen LogP contribution is 2.18. The largest absolute Gasteiger partial charge is 0.462 e. The van der Waals surface area contributed by atoms with Crippen molar-refractivity contribution in [3.63, 3.8) is 0 Å². The lowest BCUT2D eigenvalue weighted by Gasteiger charge is -2.24. The number of rotatable bonds is 51. The number of carbonyl (C=O) groups is 2. The lowest BCUT2D eigenvalue weighted by molar-refractivity contribution is -0.151. The summed E-state index contributed by atoms with van der Waals surface area (Å²) in [5, 5.41) is 23.8. The normalized spacial score (nSPS) is 13.3. The van der Waals surface area contributed by atoms with Crippen LogP contribution in [-0.4, -0.2) is 46.9 Å². The minimum absolute atomic E-state index is 0.0729. The Hall–Kier alpha value is -1.66. The first-order valence-corrected chi connectivity index (χ1v) is 28.1. The maximum Gasteiger partial charge on any atom is 0.306 e. The molecule has 0 aromatic heterocycles. The molecule has 0 aromatic carbocycles. The van der Waals surface area contributed by atoms with Gasteiger partial charge in [-0.1, -0.05) is 238 Å². The maximum absolute atomic E-state index is 13.2. The number of ether oxygens (including phenoxy) is 1. The van der Waals surface area contributed by atoms with E-state index in [1.165, 1.54) is 193 Å². The maximum atomic E-state index is 13.2. The number of amides is 1. The summed E-state index contributed by atoms with van der Waals surface area (Å²) in [6.45, 7) is 6.49. The van der Waals surface area contributed by atoms with E-state index in [1.54, 1.807) is 0 Å². The molecule has 0 bridgehead atoms.